The highest BCUT2D eigenvalue weighted by Crippen LogP contribution is 2.12. The predicted octanol–water partition coefficient (Wildman–Crippen LogP) is 3.51. The zero-order chi connectivity index (χ0) is 17.6. The lowest BCUT2D eigenvalue weighted by atomic mass is 10.1. The van der Waals surface area contributed by atoms with E-state index in [2.05, 4.69) is 4.98 Å². The third-order valence-corrected chi connectivity index (χ3v) is 4.39. The molecule has 0 spiro atoms. The van der Waals surface area contributed by atoms with Crippen LogP contribution in [-0.2, 0) is 17.8 Å². The van der Waals surface area contributed by atoms with Gasteiger partial charge in [-0.15, -0.1) is 0 Å². The fraction of sp³-hybridized carbons (Fsp3) is 0.238. The first-order valence-electron chi connectivity index (χ1n) is 8.60. The van der Waals surface area contributed by atoms with E-state index in [9.17, 15) is 9.59 Å². The van der Waals surface area contributed by atoms with Gasteiger partial charge < -0.3 is 9.88 Å². The Kier molecular flexibility index (Phi) is 5.29. The van der Waals surface area contributed by atoms with Crippen LogP contribution in [0.5, 0.6) is 0 Å². The molecule has 1 heterocycles. The molecule has 0 saturated heterocycles. The number of benzene rings is 2. The van der Waals surface area contributed by atoms with Crippen molar-refractivity contribution in [3.8, 4) is 0 Å². The molecule has 0 fully saturated rings. The molecule has 3 aromatic rings. The number of para-hydroxylation sites is 1. The molecule has 0 saturated carbocycles. The third kappa shape index (κ3) is 4.15. The second kappa shape index (κ2) is 7.79. The zero-order valence-electron chi connectivity index (χ0n) is 14.4. The summed E-state index contributed by atoms with van der Waals surface area (Å²) in [5.41, 5.74) is 2.48. The summed E-state index contributed by atoms with van der Waals surface area (Å²) in [6.45, 7) is 3.23. The summed E-state index contributed by atoms with van der Waals surface area (Å²) in [5, 5.41) is 0.987. The number of pyridine rings is 1. The standard InChI is InChI=1S/C21H22N2O2/c1-2-23(15-16-8-4-3-5-9-16)20(24)13-12-18-14-17-10-6-7-11-19(17)22-21(18)25/h3-11,14H,2,12-13,15H2,1H3,(H,22,25). The number of carbonyl (C=O) groups is 1. The van der Waals surface area contributed by atoms with Crippen molar-refractivity contribution < 1.29 is 4.79 Å². The van der Waals surface area contributed by atoms with Gasteiger partial charge in [0.2, 0.25) is 5.91 Å². The first-order valence-corrected chi connectivity index (χ1v) is 8.60. The van der Waals surface area contributed by atoms with Gasteiger partial charge in [0.25, 0.3) is 5.56 Å². The molecule has 0 aliphatic heterocycles. The van der Waals surface area contributed by atoms with Crippen LogP contribution in [0, 0.1) is 0 Å². The topological polar surface area (TPSA) is 53.2 Å². The minimum atomic E-state index is -0.113. The second-order valence-corrected chi connectivity index (χ2v) is 6.10. The first-order chi connectivity index (χ1) is 12.2. The van der Waals surface area contributed by atoms with Crippen LogP contribution < -0.4 is 5.56 Å². The molecule has 0 radical (unpaired) electrons. The molecular formula is C21H22N2O2. The van der Waals surface area contributed by atoms with Gasteiger partial charge in [-0.1, -0.05) is 48.5 Å². The number of nitrogens with zero attached hydrogens (tertiary/aromatic N) is 1. The zero-order valence-corrected chi connectivity index (χ0v) is 14.4. The summed E-state index contributed by atoms with van der Waals surface area (Å²) >= 11 is 0. The van der Waals surface area contributed by atoms with Gasteiger partial charge in [-0.2, -0.15) is 0 Å². The summed E-state index contributed by atoms with van der Waals surface area (Å²) in [4.78, 5) is 29.4. The molecule has 3 rings (SSSR count). The van der Waals surface area contributed by atoms with Crippen molar-refractivity contribution in [2.45, 2.75) is 26.3 Å². The Hall–Kier alpha value is -2.88. The molecule has 1 aromatic heterocycles. The summed E-state index contributed by atoms with van der Waals surface area (Å²) < 4.78 is 0. The van der Waals surface area contributed by atoms with Crippen LogP contribution in [0.2, 0.25) is 0 Å². The van der Waals surface area contributed by atoms with E-state index in [1.54, 1.807) is 0 Å². The number of hydrogen-bond donors (Lipinski definition) is 1. The number of aromatic nitrogens is 1. The Bertz CT molecular complexity index is 916. The fourth-order valence-electron chi connectivity index (χ4n) is 2.96. The van der Waals surface area contributed by atoms with Crippen molar-refractivity contribution in [3.05, 3.63) is 82.1 Å². The molecule has 0 aliphatic rings. The average Bonchev–Trinajstić information content (AvgIpc) is 2.65. The molecule has 128 valence electrons. The summed E-state index contributed by atoms with van der Waals surface area (Å²) in [7, 11) is 0. The van der Waals surface area contributed by atoms with E-state index in [0.29, 0.717) is 31.5 Å². The van der Waals surface area contributed by atoms with E-state index in [-0.39, 0.29) is 11.5 Å². The molecule has 1 amide bonds. The van der Waals surface area contributed by atoms with Crippen LogP contribution >= 0.6 is 0 Å². The number of H-pyrrole nitrogens is 1. The van der Waals surface area contributed by atoms with Gasteiger partial charge in [-0.3, -0.25) is 9.59 Å². The number of aryl methyl sites for hydroxylation is 1. The summed E-state index contributed by atoms with van der Waals surface area (Å²) in [6.07, 6.45) is 0.784. The number of aromatic amines is 1. The first kappa shape index (κ1) is 17.0. The van der Waals surface area contributed by atoms with E-state index < -0.39 is 0 Å². The van der Waals surface area contributed by atoms with E-state index in [0.717, 1.165) is 16.5 Å². The van der Waals surface area contributed by atoms with Crippen molar-refractivity contribution in [1.82, 2.24) is 9.88 Å². The lowest BCUT2D eigenvalue weighted by Gasteiger charge is -2.21. The molecule has 0 aliphatic carbocycles. The molecule has 1 N–H and O–H groups in total. The van der Waals surface area contributed by atoms with Gasteiger partial charge in [-0.25, -0.2) is 0 Å². The minimum absolute atomic E-state index is 0.0684. The van der Waals surface area contributed by atoms with Crippen LogP contribution in [-0.4, -0.2) is 22.3 Å². The van der Waals surface area contributed by atoms with Gasteiger partial charge >= 0.3 is 0 Å². The van der Waals surface area contributed by atoms with Gasteiger partial charge in [0.1, 0.15) is 0 Å². The van der Waals surface area contributed by atoms with Crippen molar-refractivity contribution in [2.75, 3.05) is 6.54 Å². The van der Waals surface area contributed by atoms with Crippen LogP contribution in [0.1, 0.15) is 24.5 Å². The highest BCUT2D eigenvalue weighted by molar-refractivity contribution is 5.79. The number of nitrogens with one attached hydrogen (secondary N) is 1. The molecule has 0 bridgehead atoms. The molecule has 0 unspecified atom stereocenters. The van der Waals surface area contributed by atoms with Gasteiger partial charge in [0.05, 0.1) is 0 Å². The Morgan fingerprint density at radius 1 is 1.04 bits per heavy atom. The Labute approximate surface area is 147 Å². The second-order valence-electron chi connectivity index (χ2n) is 6.10. The van der Waals surface area contributed by atoms with E-state index in [1.165, 1.54) is 0 Å². The van der Waals surface area contributed by atoms with Gasteiger partial charge in [0, 0.05) is 30.6 Å². The largest absolute Gasteiger partial charge is 0.339 e. The van der Waals surface area contributed by atoms with Gasteiger partial charge in [-0.05, 0) is 36.4 Å². The molecule has 0 atom stereocenters. The van der Waals surface area contributed by atoms with Gasteiger partial charge in [0.15, 0.2) is 0 Å². The van der Waals surface area contributed by atoms with Crippen molar-refractivity contribution in [1.29, 1.82) is 0 Å². The van der Waals surface area contributed by atoms with Crippen LogP contribution in [0.15, 0.2) is 65.5 Å². The Morgan fingerprint density at radius 2 is 1.76 bits per heavy atom. The number of fused-ring (bicyclic) bond motifs is 1. The SMILES string of the molecule is CCN(Cc1ccccc1)C(=O)CCc1cc2ccccc2[nH]c1=O. The summed E-state index contributed by atoms with van der Waals surface area (Å²) in [6, 6.07) is 19.5. The van der Waals surface area contributed by atoms with E-state index in [1.807, 2.05) is 72.5 Å². The highest BCUT2D eigenvalue weighted by Gasteiger charge is 2.13. The third-order valence-electron chi connectivity index (χ3n) is 4.39. The molecule has 2 aromatic carbocycles. The number of amides is 1. The molecule has 25 heavy (non-hydrogen) atoms. The maximum atomic E-state index is 12.5. The fourth-order valence-corrected chi connectivity index (χ4v) is 2.96. The van der Waals surface area contributed by atoms with Crippen LogP contribution in [0.25, 0.3) is 10.9 Å². The van der Waals surface area contributed by atoms with E-state index in [4.69, 9.17) is 0 Å². The minimum Gasteiger partial charge on any atom is -0.339 e. The number of carbonyl (C=O) groups excluding carboxylic acids is 1. The van der Waals surface area contributed by atoms with Crippen molar-refractivity contribution in [2.24, 2.45) is 0 Å². The Morgan fingerprint density at radius 3 is 2.52 bits per heavy atom. The molecule has 4 heteroatoms. The van der Waals surface area contributed by atoms with E-state index >= 15 is 0 Å². The normalized spacial score (nSPS) is 10.8. The monoisotopic (exact) mass is 334 g/mol. The smallest absolute Gasteiger partial charge is 0.251 e. The highest BCUT2D eigenvalue weighted by atomic mass is 16.2. The lowest BCUT2D eigenvalue weighted by Crippen LogP contribution is -2.30. The van der Waals surface area contributed by atoms with Crippen molar-refractivity contribution in [3.63, 3.8) is 0 Å². The van der Waals surface area contributed by atoms with Crippen molar-refractivity contribution >= 4 is 16.8 Å². The number of hydrogen-bond acceptors (Lipinski definition) is 2. The van der Waals surface area contributed by atoms with Crippen LogP contribution in [0.3, 0.4) is 0 Å². The molecule has 4 nitrogen and oxygen atoms in total. The maximum absolute atomic E-state index is 12.5. The average molecular weight is 334 g/mol. The Balaban J connectivity index is 1.68. The lowest BCUT2D eigenvalue weighted by molar-refractivity contribution is -0.131. The quantitative estimate of drug-likeness (QED) is 0.750. The number of rotatable bonds is 6. The molecular weight excluding hydrogens is 312 g/mol. The summed E-state index contributed by atoms with van der Waals surface area (Å²) in [5.74, 6) is 0.0684. The maximum Gasteiger partial charge on any atom is 0.251 e. The predicted molar refractivity (Wildman–Crippen MR) is 100 cm³/mol. The van der Waals surface area contributed by atoms with Crippen LogP contribution in [0.4, 0.5) is 0 Å².